The second-order valence-corrected chi connectivity index (χ2v) is 10.3. The quantitative estimate of drug-likeness (QED) is 0.229. The van der Waals surface area contributed by atoms with Gasteiger partial charge in [0.15, 0.2) is 0 Å². The normalized spacial score (nSPS) is 11.7. The van der Waals surface area contributed by atoms with Crippen LogP contribution in [0.4, 0.5) is 0 Å². The zero-order valence-corrected chi connectivity index (χ0v) is 21.7. The van der Waals surface area contributed by atoms with Crippen molar-refractivity contribution in [1.29, 1.82) is 0 Å². The SMILES string of the molecule is Cn1c2ccccc2c2c1ccc1c3ccccc3n(-c3cccc(-c4cccc(-c5ccccc5)c4)c3)c12. The van der Waals surface area contributed by atoms with Crippen LogP contribution in [0.3, 0.4) is 0 Å². The smallest absolute Gasteiger partial charge is 0.0641 e. The Bertz CT molecular complexity index is 2180. The highest BCUT2D eigenvalue weighted by atomic mass is 15.0. The van der Waals surface area contributed by atoms with Gasteiger partial charge < -0.3 is 9.13 Å². The molecule has 0 amide bonds. The van der Waals surface area contributed by atoms with Crippen LogP contribution < -0.4 is 0 Å². The summed E-state index contributed by atoms with van der Waals surface area (Å²) in [5.41, 5.74) is 11.1. The first kappa shape index (κ1) is 22.0. The van der Waals surface area contributed by atoms with E-state index in [-0.39, 0.29) is 0 Å². The molecule has 39 heavy (non-hydrogen) atoms. The molecule has 8 rings (SSSR count). The minimum Gasteiger partial charge on any atom is -0.344 e. The van der Waals surface area contributed by atoms with Crippen LogP contribution in [0.25, 0.3) is 71.6 Å². The van der Waals surface area contributed by atoms with Gasteiger partial charge in [-0.05, 0) is 58.7 Å². The van der Waals surface area contributed by atoms with E-state index in [0.29, 0.717) is 0 Å². The van der Waals surface area contributed by atoms with Crippen LogP contribution in [0.1, 0.15) is 0 Å². The largest absolute Gasteiger partial charge is 0.344 e. The molecule has 0 aliphatic rings. The predicted molar refractivity (Wildman–Crippen MR) is 166 cm³/mol. The van der Waals surface area contributed by atoms with E-state index < -0.39 is 0 Å². The highest BCUT2D eigenvalue weighted by Crippen LogP contribution is 2.41. The minimum absolute atomic E-state index is 1.17. The van der Waals surface area contributed by atoms with Crippen LogP contribution >= 0.6 is 0 Å². The van der Waals surface area contributed by atoms with E-state index in [0.717, 1.165) is 0 Å². The van der Waals surface area contributed by atoms with Gasteiger partial charge in [0.25, 0.3) is 0 Å². The third kappa shape index (κ3) is 3.28. The van der Waals surface area contributed by atoms with E-state index in [2.05, 4.69) is 156 Å². The Morgan fingerprint density at radius 2 is 1.03 bits per heavy atom. The number of fused-ring (bicyclic) bond motifs is 7. The standard InChI is InChI=1S/C37H26N2/c1-38-33-19-7-6-18-32(33)36-35(38)22-21-31-30-17-5-8-20-34(30)39(37(31)36)29-16-10-15-28(24-29)27-14-9-13-26(23-27)25-11-3-2-4-12-25/h2-24H,1H3. The summed E-state index contributed by atoms with van der Waals surface area (Å²) in [7, 11) is 2.17. The molecule has 2 heterocycles. The van der Waals surface area contributed by atoms with Gasteiger partial charge in [-0.1, -0.05) is 103 Å². The molecule has 0 saturated carbocycles. The number of nitrogens with zero attached hydrogens (tertiary/aromatic N) is 2. The van der Waals surface area contributed by atoms with Gasteiger partial charge in [-0.3, -0.25) is 0 Å². The fourth-order valence-electron chi connectivity index (χ4n) is 6.30. The van der Waals surface area contributed by atoms with Crippen molar-refractivity contribution in [2.75, 3.05) is 0 Å². The molecule has 0 fully saturated rings. The van der Waals surface area contributed by atoms with Gasteiger partial charge in [-0.25, -0.2) is 0 Å². The molecule has 0 aliphatic heterocycles. The molecule has 0 unspecified atom stereocenters. The van der Waals surface area contributed by atoms with Gasteiger partial charge >= 0.3 is 0 Å². The summed E-state index contributed by atoms with van der Waals surface area (Å²) in [6.07, 6.45) is 0. The van der Waals surface area contributed by atoms with Crippen molar-refractivity contribution in [1.82, 2.24) is 9.13 Å². The lowest BCUT2D eigenvalue weighted by molar-refractivity contribution is 1.01. The third-order valence-electron chi connectivity index (χ3n) is 8.12. The van der Waals surface area contributed by atoms with Gasteiger partial charge in [0, 0.05) is 39.8 Å². The molecule has 0 N–H and O–H groups in total. The highest BCUT2D eigenvalue weighted by molar-refractivity contribution is 6.25. The number of hydrogen-bond donors (Lipinski definition) is 0. The molecule has 6 aromatic carbocycles. The number of benzene rings is 6. The maximum absolute atomic E-state index is 2.46. The molecule has 0 spiro atoms. The van der Waals surface area contributed by atoms with Crippen LogP contribution in [-0.2, 0) is 7.05 Å². The number of hydrogen-bond acceptors (Lipinski definition) is 0. The summed E-state index contributed by atoms with van der Waals surface area (Å²) < 4.78 is 4.78. The van der Waals surface area contributed by atoms with E-state index in [1.165, 1.54) is 71.6 Å². The molecule has 2 nitrogen and oxygen atoms in total. The zero-order chi connectivity index (χ0) is 25.9. The van der Waals surface area contributed by atoms with Crippen molar-refractivity contribution >= 4 is 43.6 Å². The van der Waals surface area contributed by atoms with E-state index in [1.807, 2.05) is 0 Å². The lowest BCUT2D eigenvalue weighted by Crippen LogP contribution is -1.95. The summed E-state index contributed by atoms with van der Waals surface area (Å²) in [6, 6.07) is 50.5. The van der Waals surface area contributed by atoms with Crippen molar-refractivity contribution in [3.8, 4) is 27.9 Å². The summed E-state index contributed by atoms with van der Waals surface area (Å²) in [5, 5.41) is 5.15. The number of aryl methyl sites for hydroxylation is 1. The first-order valence-electron chi connectivity index (χ1n) is 13.4. The molecule has 8 aromatic rings. The first-order chi connectivity index (χ1) is 19.3. The molecule has 2 aromatic heterocycles. The molecular formula is C37H26N2. The molecule has 0 saturated heterocycles. The maximum atomic E-state index is 2.46. The third-order valence-corrected chi connectivity index (χ3v) is 8.12. The van der Waals surface area contributed by atoms with Crippen LogP contribution in [0.15, 0.2) is 140 Å². The van der Waals surface area contributed by atoms with Crippen molar-refractivity contribution in [2.45, 2.75) is 0 Å². The number of rotatable bonds is 3. The maximum Gasteiger partial charge on any atom is 0.0641 e. The minimum atomic E-state index is 1.17. The summed E-state index contributed by atoms with van der Waals surface area (Å²) in [4.78, 5) is 0. The van der Waals surface area contributed by atoms with E-state index >= 15 is 0 Å². The van der Waals surface area contributed by atoms with Crippen LogP contribution in [0.2, 0.25) is 0 Å². The van der Waals surface area contributed by atoms with Gasteiger partial charge in [0.1, 0.15) is 0 Å². The van der Waals surface area contributed by atoms with Crippen molar-refractivity contribution in [2.24, 2.45) is 7.05 Å². The Labute approximate surface area is 227 Å². The van der Waals surface area contributed by atoms with Crippen LogP contribution in [0.5, 0.6) is 0 Å². The van der Waals surface area contributed by atoms with E-state index in [1.54, 1.807) is 0 Å². The molecule has 2 heteroatoms. The first-order valence-corrected chi connectivity index (χ1v) is 13.4. The fourth-order valence-corrected chi connectivity index (χ4v) is 6.30. The van der Waals surface area contributed by atoms with Crippen LogP contribution in [0, 0.1) is 0 Å². The average molecular weight is 499 g/mol. The molecule has 0 bridgehead atoms. The molecule has 0 aliphatic carbocycles. The predicted octanol–water partition coefficient (Wildman–Crippen LogP) is 9.76. The van der Waals surface area contributed by atoms with Crippen molar-refractivity contribution in [3.05, 3.63) is 140 Å². The van der Waals surface area contributed by atoms with Gasteiger partial charge in [0.05, 0.1) is 16.6 Å². The summed E-state index contributed by atoms with van der Waals surface area (Å²) in [6.45, 7) is 0. The van der Waals surface area contributed by atoms with Crippen molar-refractivity contribution in [3.63, 3.8) is 0 Å². The Hall–Kier alpha value is -5.08. The summed E-state index contributed by atoms with van der Waals surface area (Å²) in [5.74, 6) is 0. The second kappa shape index (κ2) is 8.47. The highest BCUT2D eigenvalue weighted by Gasteiger charge is 2.19. The molecule has 0 radical (unpaired) electrons. The number of aromatic nitrogens is 2. The Kier molecular flexibility index (Phi) is 4.77. The van der Waals surface area contributed by atoms with Gasteiger partial charge in [-0.2, -0.15) is 0 Å². The lowest BCUT2D eigenvalue weighted by atomic mass is 9.99. The second-order valence-electron chi connectivity index (χ2n) is 10.3. The Balaban J connectivity index is 1.42. The number of para-hydroxylation sites is 2. The zero-order valence-electron chi connectivity index (χ0n) is 21.7. The fraction of sp³-hybridized carbons (Fsp3) is 0.0270. The molecule has 184 valence electrons. The lowest BCUT2D eigenvalue weighted by Gasteiger charge is -2.12. The van der Waals surface area contributed by atoms with Crippen molar-refractivity contribution < 1.29 is 0 Å². The monoisotopic (exact) mass is 498 g/mol. The Morgan fingerprint density at radius 3 is 1.85 bits per heavy atom. The molecule has 0 atom stereocenters. The topological polar surface area (TPSA) is 9.86 Å². The van der Waals surface area contributed by atoms with E-state index in [9.17, 15) is 0 Å². The van der Waals surface area contributed by atoms with Crippen LogP contribution in [-0.4, -0.2) is 9.13 Å². The Morgan fingerprint density at radius 1 is 0.410 bits per heavy atom. The van der Waals surface area contributed by atoms with Gasteiger partial charge in [-0.15, -0.1) is 0 Å². The van der Waals surface area contributed by atoms with E-state index in [4.69, 9.17) is 0 Å². The van der Waals surface area contributed by atoms with Gasteiger partial charge in [0.2, 0.25) is 0 Å². The summed E-state index contributed by atoms with van der Waals surface area (Å²) >= 11 is 0. The average Bonchev–Trinajstić information content (AvgIpc) is 3.50. The molecular weight excluding hydrogens is 472 g/mol.